The Morgan fingerprint density at radius 2 is 2.05 bits per heavy atom. The lowest BCUT2D eigenvalue weighted by molar-refractivity contribution is -0.151. The highest BCUT2D eigenvalue weighted by Gasteiger charge is 2.19. The summed E-state index contributed by atoms with van der Waals surface area (Å²) in [5.41, 5.74) is 4.08. The first kappa shape index (κ1) is 15.5. The molecule has 0 aliphatic carbocycles. The SMILES string of the molecule is Cc1ccc(C(C)(C)C)c(OCCC(=O)ONN)c1. The minimum Gasteiger partial charge on any atom is -0.493 e. The Labute approximate surface area is 114 Å². The van der Waals surface area contributed by atoms with Crippen molar-refractivity contribution in [3.05, 3.63) is 29.3 Å². The smallest absolute Gasteiger partial charge is 0.329 e. The van der Waals surface area contributed by atoms with E-state index in [4.69, 9.17) is 10.6 Å². The number of hydrogen-bond donors (Lipinski definition) is 2. The van der Waals surface area contributed by atoms with Crippen molar-refractivity contribution in [2.75, 3.05) is 6.61 Å². The van der Waals surface area contributed by atoms with Gasteiger partial charge in [-0.3, -0.25) is 4.79 Å². The minimum absolute atomic E-state index is 0.0116. The van der Waals surface area contributed by atoms with E-state index in [1.165, 1.54) is 0 Å². The average Bonchev–Trinajstić information content (AvgIpc) is 2.27. The first-order valence-corrected chi connectivity index (χ1v) is 6.24. The van der Waals surface area contributed by atoms with Gasteiger partial charge in [0.25, 0.3) is 0 Å². The van der Waals surface area contributed by atoms with Crippen LogP contribution in [0, 0.1) is 6.92 Å². The molecule has 3 N–H and O–H groups in total. The summed E-state index contributed by atoms with van der Waals surface area (Å²) in [5, 5.41) is 0. The van der Waals surface area contributed by atoms with Crippen molar-refractivity contribution in [2.45, 2.75) is 39.5 Å². The second-order valence-electron chi connectivity index (χ2n) is 5.44. The molecule has 19 heavy (non-hydrogen) atoms. The molecule has 0 spiro atoms. The summed E-state index contributed by atoms with van der Waals surface area (Å²) < 4.78 is 5.69. The van der Waals surface area contributed by atoms with Gasteiger partial charge in [-0.05, 0) is 29.5 Å². The van der Waals surface area contributed by atoms with Crippen molar-refractivity contribution in [1.29, 1.82) is 0 Å². The van der Waals surface area contributed by atoms with Crippen LogP contribution in [-0.2, 0) is 15.0 Å². The molecule has 0 aliphatic heterocycles. The van der Waals surface area contributed by atoms with Crippen LogP contribution in [0.1, 0.15) is 38.3 Å². The Morgan fingerprint density at radius 1 is 1.37 bits per heavy atom. The van der Waals surface area contributed by atoms with E-state index in [-0.39, 0.29) is 18.4 Å². The second kappa shape index (κ2) is 6.54. The number of ether oxygens (including phenoxy) is 1. The van der Waals surface area contributed by atoms with Gasteiger partial charge in [0.1, 0.15) is 5.75 Å². The van der Waals surface area contributed by atoms with Crippen LogP contribution in [0.2, 0.25) is 0 Å². The number of aryl methyl sites for hydroxylation is 1. The van der Waals surface area contributed by atoms with Crippen LogP contribution in [0.15, 0.2) is 18.2 Å². The third kappa shape index (κ3) is 4.89. The lowest BCUT2D eigenvalue weighted by Crippen LogP contribution is -2.27. The molecule has 0 aliphatic rings. The van der Waals surface area contributed by atoms with Crippen LogP contribution in [0.25, 0.3) is 0 Å². The highest BCUT2D eigenvalue weighted by molar-refractivity contribution is 5.69. The average molecular weight is 266 g/mol. The monoisotopic (exact) mass is 266 g/mol. The lowest BCUT2D eigenvalue weighted by Gasteiger charge is -2.23. The highest BCUT2D eigenvalue weighted by Crippen LogP contribution is 2.32. The zero-order valence-electron chi connectivity index (χ0n) is 11.9. The molecule has 0 heterocycles. The maximum absolute atomic E-state index is 11.1. The Morgan fingerprint density at radius 3 is 2.63 bits per heavy atom. The maximum Gasteiger partial charge on any atom is 0.329 e. The van der Waals surface area contributed by atoms with Crippen LogP contribution in [-0.4, -0.2) is 12.6 Å². The van der Waals surface area contributed by atoms with Crippen molar-refractivity contribution < 1.29 is 14.4 Å². The van der Waals surface area contributed by atoms with E-state index in [1.54, 1.807) is 0 Å². The summed E-state index contributed by atoms with van der Waals surface area (Å²) in [4.78, 5) is 15.5. The van der Waals surface area contributed by atoms with Crippen molar-refractivity contribution in [2.24, 2.45) is 5.84 Å². The molecule has 0 saturated heterocycles. The number of carbonyl (C=O) groups is 1. The van der Waals surface area contributed by atoms with Crippen molar-refractivity contribution in [1.82, 2.24) is 5.59 Å². The van der Waals surface area contributed by atoms with Crippen LogP contribution in [0.3, 0.4) is 0 Å². The Balaban J connectivity index is 2.72. The van der Waals surface area contributed by atoms with Crippen LogP contribution >= 0.6 is 0 Å². The first-order chi connectivity index (χ1) is 8.84. The van der Waals surface area contributed by atoms with Gasteiger partial charge in [-0.2, -0.15) is 0 Å². The van der Waals surface area contributed by atoms with Crippen molar-refractivity contribution in [3.63, 3.8) is 0 Å². The number of hydrazine groups is 1. The number of rotatable bonds is 5. The number of hydrogen-bond acceptors (Lipinski definition) is 5. The second-order valence-corrected chi connectivity index (χ2v) is 5.44. The van der Waals surface area contributed by atoms with E-state index in [1.807, 2.05) is 18.6 Å². The van der Waals surface area contributed by atoms with Gasteiger partial charge in [0.05, 0.1) is 13.0 Å². The number of benzene rings is 1. The molecular formula is C14H22N2O3. The van der Waals surface area contributed by atoms with Gasteiger partial charge in [0, 0.05) is 0 Å². The molecule has 1 aromatic rings. The topological polar surface area (TPSA) is 73.6 Å². The molecule has 1 rings (SSSR count). The van der Waals surface area contributed by atoms with Crippen LogP contribution in [0.4, 0.5) is 0 Å². The summed E-state index contributed by atoms with van der Waals surface area (Å²) in [6.07, 6.45) is 0.141. The van der Waals surface area contributed by atoms with Gasteiger partial charge in [-0.1, -0.05) is 38.5 Å². The van der Waals surface area contributed by atoms with Crippen LogP contribution < -0.4 is 16.2 Å². The number of nitrogens with one attached hydrogen (secondary N) is 1. The van der Waals surface area contributed by atoms with E-state index in [0.29, 0.717) is 0 Å². The summed E-state index contributed by atoms with van der Waals surface area (Å²) in [7, 11) is 0. The summed E-state index contributed by atoms with van der Waals surface area (Å²) in [6.45, 7) is 8.63. The minimum atomic E-state index is -0.451. The molecule has 0 bridgehead atoms. The Bertz CT molecular complexity index is 439. The molecule has 0 atom stereocenters. The molecule has 5 nitrogen and oxygen atoms in total. The quantitative estimate of drug-likeness (QED) is 0.629. The van der Waals surface area contributed by atoms with Gasteiger partial charge in [0.2, 0.25) is 0 Å². The standard InChI is InChI=1S/C14H22N2O3/c1-10-5-6-11(14(2,3)4)12(9-10)18-8-7-13(17)19-16-15/h5-6,9,16H,7-8,15H2,1-4H3. The van der Waals surface area contributed by atoms with Crippen LogP contribution in [0.5, 0.6) is 5.75 Å². The van der Waals surface area contributed by atoms with Gasteiger partial charge in [-0.25, -0.2) is 5.84 Å². The van der Waals surface area contributed by atoms with Crippen molar-refractivity contribution in [3.8, 4) is 5.75 Å². The first-order valence-electron chi connectivity index (χ1n) is 6.24. The predicted octanol–water partition coefficient (Wildman–Crippen LogP) is 1.98. The molecule has 5 heteroatoms. The normalized spacial score (nSPS) is 11.2. The predicted molar refractivity (Wildman–Crippen MR) is 73.4 cm³/mol. The zero-order chi connectivity index (χ0) is 14.5. The third-order valence-electron chi connectivity index (χ3n) is 2.68. The number of carbonyl (C=O) groups excluding carboxylic acids is 1. The van der Waals surface area contributed by atoms with Gasteiger partial charge >= 0.3 is 5.97 Å². The zero-order valence-corrected chi connectivity index (χ0v) is 11.9. The van der Waals surface area contributed by atoms with E-state index >= 15 is 0 Å². The molecule has 0 unspecified atom stereocenters. The molecule has 0 fully saturated rings. The number of nitrogens with two attached hydrogens (primary N) is 1. The maximum atomic E-state index is 11.1. The highest BCUT2D eigenvalue weighted by atomic mass is 16.7. The van der Waals surface area contributed by atoms with Gasteiger partial charge in [-0.15, -0.1) is 0 Å². The van der Waals surface area contributed by atoms with Gasteiger partial charge < -0.3 is 9.57 Å². The summed E-state index contributed by atoms with van der Waals surface area (Å²) in [5.74, 6) is 5.23. The molecule has 0 radical (unpaired) electrons. The van der Waals surface area contributed by atoms with Crippen molar-refractivity contribution >= 4 is 5.97 Å². The van der Waals surface area contributed by atoms with E-state index < -0.39 is 5.97 Å². The third-order valence-corrected chi connectivity index (χ3v) is 2.68. The molecule has 0 aromatic heterocycles. The summed E-state index contributed by atoms with van der Waals surface area (Å²) in [6, 6.07) is 6.09. The molecule has 106 valence electrons. The lowest BCUT2D eigenvalue weighted by atomic mass is 9.86. The largest absolute Gasteiger partial charge is 0.493 e. The fraction of sp³-hybridized carbons (Fsp3) is 0.500. The Hall–Kier alpha value is -1.59. The Kier molecular flexibility index (Phi) is 5.32. The fourth-order valence-corrected chi connectivity index (χ4v) is 1.73. The molecule has 0 amide bonds. The van der Waals surface area contributed by atoms with E-state index in [2.05, 4.69) is 37.7 Å². The fourth-order valence-electron chi connectivity index (χ4n) is 1.73. The molecular weight excluding hydrogens is 244 g/mol. The summed E-state index contributed by atoms with van der Waals surface area (Å²) >= 11 is 0. The molecule has 1 aromatic carbocycles. The van der Waals surface area contributed by atoms with E-state index in [0.717, 1.165) is 16.9 Å². The van der Waals surface area contributed by atoms with Gasteiger partial charge in [0.15, 0.2) is 0 Å². The van der Waals surface area contributed by atoms with E-state index in [9.17, 15) is 4.79 Å². The molecule has 0 saturated carbocycles.